The lowest BCUT2D eigenvalue weighted by atomic mass is 9.95. The van der Waals surface area contributed by atoms with Crippen LogP contribution in [0.5, 0.6) is 0 Å². The summed E-state index contributed by atoms with van der Waals surface area (Å²) >= 11 is 0. The highest BCUT2D eigenvalue weighted by Gasteiger charge is 2.14. The molecule has 0 aromatic heterocycles. The van der Waals surface area contributed by atoms with Crippen LogP contribution in [0.15, 0.2) is 133 Å². The lowest BCUT2D eigenvalue weighted by Gasteiger charge is -2.26. The molecule has 0 aliphatic rings. The summed E-state index contributed by atoms with van der Waals surface area (Å²) in [5.41, 5.74) is 9.36. The molecule has 0 aliphatic heterocycles. The molecule has 0 radical (unpaired) electrons. The number of aliphatic hydroxyl groups is 2. The van der Waals surface area contributed by atoms with Gasteiger partial charge in [-0.05, 0) is 89.7 Å². The molecule has 0 saturated carbocycles. The van der Waals surface area contributed by atoms with Crippen molar-refractivity contribution in [2.45, 2.75) is 26.1 Å². The van der Waals surface area contributed by atoms with E-state index in [1.807, 2.05) is 60.7 Å². The molecule has 194 valence electrons. The SMILES string of the molecule is CC(O)c1ccc(N(c2ccc(C=C(c3ccccc3)c3ccccc3)cc2)c2ccc(C(C)O)cc2)cc1. The lowest BCUT2D eigenvalue weighted by molar-refractivity contribution is 0.199. The topological polar surface area (TPSA) is 43.7 Å². The first-order chi connectivity index (χ1) is 19.0. The van der Waals surface area contributed by atoms with Crippen LogP contribution < -0.4 is 4.90 Å². The minimum atomic E-state index is -0.521. The third kappa shape index (κ3) is 6.18. The molecule has 0 aliphatic carbocycles. The number of rotatable bonds is 8. The van der Waals surface area contributed by atoms with Gasteiger partial charge >= 0.3 is 0 Å². The fraction of sp³-hybridized carbons (Fsp3) is 0.111. The molecule has 0 saturated heterocycles. The largest absolute Gasteiger partial charge is 0.389 e. The Morgan fingerprint density at radius 2 is 0.872 bits per heavy atom. The fourth-order valence-corrected chi connectivity index (χ4v) is 4.71. The summed E-state index contributed by atoms with van der Waals surface area (Å²) in [4.78, 5) is 2.18. The molecule has 5 aromatic carbocycles. The van der Waals surface area contributed by atoms with Crippen LogP contribution in [0.3, 0.4) is 0 Å². The second-order valence-electron chi connectivity index (χ2n) is 9.75. The maximum Gasteiger partial charge on any atom is 0.0761 e. The first-order valence-electron chi connectivity index (χ1n) is 13.3. The summed E-state index contributed by atoms with van der Waals surface area (Å²) in [5, 5.41) is 20.0. The van der Waals surface area contributed by atoms with Crippen molar-refractivity contribution in [2.24, 2.45) is 0 Å². The van der Waals surface area contributed by atoms with Crippen molar-refractivity contribution in [3.8, 4) is 0 Å². The van der Waals surface area contributed by atoms with Crippen LogP contribution in [0.1, 0.15) is 53.9 Å². The molecule has 0 bridgehead atoms. The highest BCUT2D eigenvalue weighted by molar-refractivity contribution is 5.91. The van der Waals surface area contributed by atoms with Gasteiger partial charge in [-0.1, -0.05) is 97.1 Å². The number of benzene rings is 5. The molecule has 3 nitrogen and oxygen atoms in total. The Morgan fingerprint density at radius 3 is 1.23 bits per heavy atom. The van der Waals surface area contributed by atoms with Gasteiger partial charge < -0.3 is 15.1 Å². The Labute approximate surface area is 231 Å². The highest BCUT2D eigenvalue weighted by atomic mass is 16.3. The predicted octanol–water partition coefficient (Wildman–Crippen LogP) is 8.85. The van der Waals surface area contributed by atoms with Gasteiger partial charge in [-0.2, -0.15) is 0 Å². The van der Waals surface area contributed by atoms with Gasteiger partial charge in [0.2, 0.25) is 0 Å². The third-order valence-corrected chi connectivity index (χ3v) is 6.90. The summed E-state index contributed by atoms with van der Waals surface area (Å²) in [7, 11) is 0. The van der Waals surface area contributed by atoms with Crippen molar-refractivity contribution < 1.29 is 10.2 Å². The van der Waals surface area contributed by atoms with E-state index in [1.54, 1.807) is 13.8 Å². The van der Waals surface area contributed by atoms with E-state index in [9.17, 15) is 10.2 Å². The van der Waals surface area contributed by atoms with Crippen LogP contribution in [-0.2, 0) is 0 Å². The minimum Gasteiger partial charge on any atom is -0.389 e. The van der Waals surface area contributed by atoms with E-state index in [-0.39, 0.29) is 0 Å². The van der Waals surface area contributed by atoms with Gasteiger partial charge in [0.15, 0.2) is 0 Å². The molecule has 5 aromatic rings. The number of aliphatic hydroxyl groups excluding tert-OH is 2. The maximum absolute atomic E-state index is 9.99. The number of hydrogen-bond donors (Lipinski definition) is 2. The highest BCUT2D eigenvalue weighted by Crippen LogP contribution is 2.36. The van der Waals surface area contributed by atoms with Gasteiger partial charge in [-0.3, -0.25) is 0 Å². The third-order valence-electron chi connectivity index (χ3n) is 6.90. The van der Waals surface area contributed by atoms with Gasteiger partial charge in [0.1, 0.15) is 0 Å². The molecule has 0 spiro atoms. The number of hydrogen-bond acceptors (Lipinski definition) is 3. The smallest absolute Gasteiger partial charge is 0.0761 e. The maximum atomic E-state index is 9.99. The standard InChI is InChI=1S/C36H33NO2/c1-26(38)29-15-21-34(22-16-29)37(35-23-17-30(18-24-35)27(2)39)33-19-13-28(14-20-33)25-36(31-9-5-3-6-10-31)32-11-7-4-8-12-32/h3-27,38-39H,1-2H3. The predicted molar refractivity (Wildman–Crippen MR) is 162 cm³/mol. The fourth-order valence-electron chi connectivity index (χ4n) is 4.71. The average molecular weight is 512 g/mol. The van der Waals surface area contributed by atoms with Crippen LogP contribution in [-0.4, -0.2) is 10.2 Å². The minimum absolute atomic E-state index is 0.521. The summed E-state index contributed by atoms with van der Waals surface area (Å²) in [6.45, 7) is 3.54. The van der Waals surface area contributed by atoms with Gasteiger partial charge in [0, 0.05) is 17.1 Å². The van der Waals surface area contributed by atoms with Gasteiger partial charge in [0.25, 0.3) is 0 Å². The van der Waals surface area contributed by atoms with E-state index < -0.39 is 12.2 Å². The van der Waals surface area contributed by atoms with Crippen molar-refractivity contribution in [1.82, 2.24) is 0 Å². The van der Waals surface area contributed by atoms with Crippen LogP contribution in [0.4, 0.5) is 17.1 Å². The van der Waals surface area contributed by atoms with Crippen LogP contribution in [0.25, 0.3) is 11.6 Å². The van der Waals surface area contributed by atoms with Crippen LogP contribution in [0.2, 0.25) is 0 Å². The zero-order chi connectivity index (χ0) is 27.2. The summed E-state index contributed by atoms with van der Waals surface area (Å²) in [6, 6.07) is 45.4. The van der Waals surface area contributed by atoms with Crippen molar-refractivity contribution in [3.05, 3.63) is 161 Å². The second-order valence-corrected chi connectivity index (χ2v) is 9.75. The molecule has 2 N–H and O–H groups in total. The average Bonchev–Trinajstić information content (AvgIpc) is 2.98. The molecular formula is C36H33NO2. The Bertz CT molecular complexity index is 1410. The van der Waals surface area contributed by atoms with Crippen molar-refractivity contribution in [1.29, 1.82) is 0 Å². The molecular weight excluding hydrogens is 478 g/mol. The Morgan fingerprint density at radius 1 is 0.513 bits per heavy atom. The molecule has 0 amide bonds. The Kier molecular flexibility index (Phi) is 8.02. The normalized spacial score (nSPS) is 12.4. The zero-order valence-electron chi connectivity index (χ0n) is 22.3. The molecule has 2 atom stereocenters. The van der Waals surface area contributed by atoms with Gasteiger partial charge in [-0.15, -0.1) is 0 Å². The Balaban J connectivity index is 1.54. The summed E-state index contributed by atoms with van der Waals surface area (Å²) < 4.78 is 0. The zero-order valence-corrected chi connectivity index (χ0v) is 22.3. The van der Waals surface area contributed by atoms with Gasteiger partial charge in [-0.25, -0.2) is 0 Å². The monoisotopic (exact) mass is 511 g/mol. The van der Waals surface area contributed by atoms with Crippen molar-refractivity contribution >= 4 is 28.7 Å². The molecule has 0 fully saturated rings. The molecule has 0 heterocycles. The van der Waals surface area contributed by atoms with E-state index in [0.717, 1.165) is 33.8 Å². The first-order valence-corrected chi connectivity index (χ1v) is 13.3. The Hall–Kier alpha value is -4.44. The molecule has 3 heteroatoms. The quantitative estimate of drug-likeness (QED) is 0.205. The number of nitrogens with zero attached hydrogens (tertiary/aromatic N) is 1. The van der Waals surface area contributed by atoms with E-state index in [2.05, 4.69) is 83.8 Å². The lowest BCUT2D eigenvalue weighted by Crippen LogP contribution is -2.10. The summed E-state index contributed by atoms with van der Waals surface area (Å²) in [6.07, 6.45) is 1.19. The van der Waals surface area contributed by atoms with Crippen LogP contribution in [0, 0.1) is 0 Å². The van der Waals surface area contributed by atoms with Crippen molar-refractivity contribution in [2.75, 3.05) is 4.90 Å². The van der Waals surface area contributed by atoms with E-state index >= 15 is 0 Å². The molecule has 39 heavy (non-hydrogen) atoms. The van der Waals surface area contributed by atoms with E-state index in [4.69, 9.17) is 0 Å². The van der Waals surface area contributed by atoms with E-state index in [0.29, 0.717) is 0 Å². The second kappa shape index (κ2) is 12.0. The summed E-state index contributed by atoms with van der Waals surface area (Å²) in [5.74, 6) is 0. The van der Waals surface area contributed by atoms with E-state index in [1.165, 1.54) is 16.7 Å². The number of anilines is 3. The van der Waals surface area contributed by atoms with Crippen molar-refractivity contribution in [3.63, 3.8) is 0 Å². The molecule has 5 rings (SSSR count). The molecule has 2 unspecified atom stereocenters. The van der Waals surface area contributed by atoms with Crippen LogP contribution >= 0.6 is 0 Å². The first kappa shape index (κ1) is 26.2. The van der Waals surface area contributed by atoms with Gasteiger partial charge in [0.05, 0.1) is 12.2 Å².